The Labute approximate surface area is 111 Å². The highest BCUT2D eigenvalue weighted by Gasteiger charge is 2.08. The maximum absolute atomic E-state index is 10.7. The van der Waals surface area contributed by atoms with Gasteiger partial charge in [-0.15, -0.1) is 11.8 Å². The fourth-order valence-electron chi connectivity index (χ4n) is 1.25. The lowest BCUT2D eigenvalue weighted by atomic mass is 10.3. The van der Waals surface area contributed by atoms with E-state index in [1.54, 1.807) is 17.8 Å². The van der Waals surface area contributed by atoms with Crippen molar-refractivity contribution in [3.63, 3.8) is 0 Å². The lowest BCUT2D eigenvalue weighted by Crippen LogP contribution is -1.91. The van der Waals surface area contributed by atoms with Gasteiger partial charge in [0.1, 0.15) is 12.0 Å². The molecule has 88 valence electrons. The summed E-state index contributed by atoms with van der Waals surface area (Å²) in [5, 5.41) is 8.74. The lowest BCUT2D eigenvalue weighted by molar-refractivity contribution is 0.0696. The number of thioether (sulfide) groups is 1. The summed E-state index contributed by atoms with van der Waals surface area (Å²) in [5.41, 5.74) is 0.191. The number of carbonyl (C=O) groups is 1. The monoisotopic (exact) mass is 312 g/mol. The van der Waals surface area contributed by atoms with Gasteiger partial charge >= 0.3 is 5.97 Å². The van der Waals surface area contributed by atoms with Crippen LogP contribution < -0.4 is 0 Å². The first kappa shape index (κ1) is 12.3. The number of aromatic carboxylic acids is 1. The molecule has 1 aromatic heterocycles. The van der Waals surface area contributed by atoms with Crippen molar-refractivity contribution in [1.82, 2.24) is 0 Å². The maximum Gasteiger partial charge on any atom is 0.338 e. The van der Waals surface area contributed by atoms with Crippen LogP contribution in [-0.2, 0) is 5.75 Å². The molecule has 3 nitrogen and oxygen atoms in total. The summed E-state index contributed by atoms with van der Waals surface area (Å²) in [6.07, 6.45) is 1.26. The zero-order valence-electron chi connectivity index (χ0n) is 8.72. The highest BCUT2D eigenvalue weighted by molar-refractivity contribution is 9.10. The van der Waals surface area contributed by atoms with Gasteiger partial charge in [0.05, 0.1) is 11.3 Å². The molecule has 0 aliphatic rings. The zero-order valence-corrected chi connectivity index (χ0v) is 11.1. The van der Waals surface area contributed by atoms with Gasteiger partial charge in [-0.2, -0.15) is 0 Å². The molecule has 2 rings (SSSR count). The Morgan fingerprint density at radius 3 is 2.65 bits per heavy atom. The van der Waals surface area contributed by atoms with Crippen LogP contribution >= 0.6 is 27.7 Å². The number of rotatable bonds is 4. The quantitative estimate of drug-likeness (QED) is 0.866. The molecule has 0 spiro atoms. The van der Waals surface area contributed by atoms with Gasteiger partial charge in [-0.25, -0.2) is 4.79 Å². The second kappa shape index (κ2) is 5.42. The second-order valence-electron chi connectivity index (χ2n) is 3.35. The average Bonchev–Trinajstić information content (AvgIpc) is 2.77. The summed E-state index contributed by atoms with van der Waals surface area (Å²) >= 11 is 4.97. The van der Waals surface area contributed by atoms with Crippen molar-refractivity contribution in [2.45, 2.75) is 10.6 Å². The standard InChI is InChI=1S/C12H9BrO3S/c13-9-1-3-11(4-2-9)17-7-10-5-8(6-16-10)12(14)15/h1-6H,7H2,(H,14,15). The molecular weight excluding hydrogens is 304 g/mol. The van der Waals surface area contributed by atoms with Crippen LogP contribution in [0.5, 0.6) is 0 Å². The van der Waals surface area contributed by atoms with E-state index in [1.807, 2.05) is 24.3 Å². The molecule has 2 aromatic rings. The van der Waals surface area contributed by atoms with E-state index in [-0.39, 0.29) is 5.56 Å². The van der Waals surface area contributed by atoms with Crippen molar-refractivity contribution in [2.75, 3.05) is 0 Å². The second-order valence-corrected chi connectivity index (χ2v) is 5.31. The number of carboxylic acids is 1. The minimum atomic E-state index is -0.964. The highest BCUT2D eigenvalue weighted by atomic mass is 79.9. The molecule has 5 heteroatoms. The van der Waals surface area contributed by atoms with Crippen LogP contribution in [0.2, 0.25) is 0 Å². The van der Waals surface area contributed by atoms with Crippen molar-refractivity contribution < 1.29 is 14.3 Å². The van der Waals surface area contributed by atoms with Gasteiger partial charge in [-0.3, -0.25) is 0 Å². The van der Waals surface area contributed by atoms with Crippen LogP contribution in [0.1, 0.15) is 16.1 Å². The summed E-state index contributed by atoms with van der Waals surface area (Å²) in [4.78, 5) is 11.8. The largest absolute Gasteiger partial charge is 0.478 e. The fourth-order valence-corrected chi connectivity index (χ4v) is 2.31. The van der Waals surface area contributed by atoms with E-state index in [2.05, 4.69) is 15.9 Å². The molecule has 1 aromatic carbocycles. The van der Waals surface area contributed by atoms with Crippen LogP contribution in [0.3, 0.4) is 0 Å². The number of hydrogen-bond acceptors (Lipinski definition) is 3. The SMILES string of the molecule is O=C(O)c1coc(CSc2ccc(Br)cc2)c1. The molecule has 0 bridgehead atoms. The summed E-state index contributed by atoms with van der Waals surface area (Å²) in [6, 6.07) is 9.47. The summed E-state index contributed by atoms with van der Waals surface area (Å²) < 4.78 is 6.20. The van der Waals surface area contributed by atoms with E-state index in [1.165, 1.54) is 6.26 Å². The molecule has 0 saturated carbocycles. The van der Waals surface area contributed by atoms with E-state index in [9.17, 15) is 4.79 Å². The average molecular weight is 313 g/mol. The molecular formula is C12H9BrO3S. The third-order valence-electron chi connectivity index (χ3n) is 2.10. The molecule has 0 radical (unpaired) electrons. The molecule has 1 N–H and O–H groups in total. The molecule has 0 unspecified atom stereocenters. The van der Waals surface area contributed by atoms with Gasteiger partial charge in [0.15, 0.2) is 0 Å². The van der Waals surface area contributed by atoms with Crippen LogP contribution in [0, 0.1) is 0 Å². The Bertz CT molecular complexity index is 519. The predicted molar refractivity (Wildman–Crippen MR) is 69.4 cm³/mol. The van der Waals surface area contributed by atoms with Crippen molar-refractivity contribution in [3.05, 3.63) is 52.4 Å². The lowest BCUT2D eigenvalue weighted by Gasteiger charge is -1.98. The first-order chi connectivity index (χ1) is 8.15. The highest BCUT2D eigenvalue weighted by Crippen LogP contribution is 2.25. The molecule has 0 saturated heterocycles. The first-order valence-electron chi connectivity index (χ1n) is 4.84. The van der Waals surface area contributed by atoms with E-state index >= 15 is 0 Å². The summed E-state index contributed by atoms with van der Waals surface area (Å²) in [6.45, 7) is 0. The summed E-state index contributed by atoms with van der Waals surface area (Å²) in [7, 11) is 0. The topological polar surface area (TPSA) is 50.4 Å². The van der Waals surface area contributed by atoms with Gasteiger partial charge in [0.2, 0.25) is 0 Å². The Kier molecular flexibility index (Phi) is 3.91. The minimum absolute atomic E-state index is 0.191. The fraction of sp³-hybridized carbons (Fsp3) is 0.0833. The van der Waals surface area contributed by atoms with E-state index in [0.29, 0.717) is 11.5 Å². The minimum Gasteiger partial charge on any atom is -0.478 e. The van der Waals surface area contributed by atoms with Gasteiger partial charge in [0, 0.05) is 9.37 Å². The van der Waals surface area contributed by atoms with Gasteiger partial charge in [-0.05, 0) is 30.3 Å². The van der Waals surface area contributed by atoms with Crippen molar-refractivity contribution in [3.8, 4) is 0 Å². The van der Waals surface area contributed by atoms with Gasteiger partial charge in [-0.1, -0.05) is 15.9 Å². The number of benzene rings is 1. The van der Waals surface area contributed by atoms with Gasteiger partial charge < -0.3 is 9.52 Å². The molecule has 17 heavy (non-hydrogen) atoms. The first-order valence-corrected chi connectivity index (χ1v) is 6.62. The Morgan fingerprint density at radius 1 is 1.35 bits per heavy atom. The number of hydrogen-bond donors (Lipinski definition) is 1. The molecule has 0 aliphatic heterocycles. The molecule has 0 aliphatic carbocycles. The third kappa shape index (κ3) is 3.38. The van der Waals surface area contributed by atoms with E-state index in [4.69, 9.17) is 9.52 Å². The zero-order chi connectivity index (χ0) is 12.3. The van der Waals surface area contributed by atoms with Gasteiger partial charge in [0.25, 0.3) is 0 Å². The Balaban J connectivity index is 1.97. The van der Waals surface area contributed by atoms with Crippen molar-refractivity contribution >= 4 is 33.7 Å². The smallest absolute Gasteiger partial charge is 0.338 e. The van der Waals surface area contributed by atoms with Crippen LogP contribution in [0.15, 0.2) is 50.4 Å². The van der Waals surface area contributed by atoms with Crippen LogP contribution in [0.25, 0.3) is 0 Å². The number of carboxylic acid groups (broad SMARTS) is 1. The molecule has 1 heterocycles. The molecule has 0 fully saturated rings. The van der Waals surface area contributed by atoms with Crippen LogP contribution in [0.4, 0.5) is 0 Å². The Morgan fingerprint density at radius 2 is 2.06 bits per heavy atom. The van der Waals surface area contributed by atoms with E-state index in [0.717, 1.165) is 9.37 Å². The van der Waals surface area contributed by atoms with Crippen molar-refractivity contribution in [1.29, 1.82) is 0 Å². The number of halogens is 1. The Hall–Kier alpha value is -1.20. The molecule has 0 atom stereocenters. The normalized spacial score (nSPS) is 10.4. The number of furan rings is 1. The third-order valence-corrected chi connectivity index (χ3v) is 3.66. The van der Waals surface area contributed by atoms with Crippen molar-refractivity contribution in [2.24, 2.45) is 0 Å². The van der Waals surface area contributed by atoms with Crippen LogP contribution in [-0.4, -0.2) is 11.1 Å². The molecule has 0 amide bonds. The van der Waals surface area contributed by atoms with E-state index < -0.39 is 5.97 Å². The summed E-state index contributed by atoms with van der Waals surface area (Å²) in [5.74, 6) is 0.318. The predicted octanol–water partition coefficient (Wildman–Crippen LogP) is 4.03. The maximum atomic E-state index is 10.7.